The number of nitrogens with zero attached hydrogens (tertiary/aromatic N) is 1. The maximum atomic E-state index is 13.4. The van der Waals surface area contributed by atoms with Gasteiger partial charge in [0, 0.05) is 30.6 Å². The Balaban J connectivity index is 1.80. The van der Waals surface area contributed by atoms with Crippen LogP contribution in [0.3, 0.4) is 0 Å². The van der Waals surface area contributed by atoms with Gasteiger partial charge in [-0.1, -0.05) is 6.58 Å². The maximum Gasteiger partial charge on any atom is 0.258 e. The van der Waals surface area contributed by atoms with Crippen LogP contribution in [0, 0.1) is 0 Å². The predicted molar refractivity (Wildman–Crippen MR) is 88.7 cm³/mol. The van der Waals surface area contributed by atoms with Gasteiger partial charge in [0.25, 0.3) is 5.91 Å². The molecule has 2 aliphatic rings. The van der Waals surface area contributed by atoms with Crippen LogP contribution in [0.2, 0.25) is 0 Å². The first-order chi connectivity index (χ1) is 11.8. The lowest BCUT2D eigenvalue weighted by atomic mass is 9.71. The van der Waals surface area contributed by atoms with Crippen LogP contribution in [0.15, 0.2) is 30.9 Å². The number of nitrogens with one attached hydrogen (secondary N) is 1. The van der Waals surface area contributed by atoms with E-state index in [-0.39, 0.29) is 37.0 Å². The van der Waals surface area contributed by atoms with E-state index in [1.54, 1.807) is 4.90 Å². The molecule has 2 N–H and O–H groups in total. The summed E-state index contributed by atoms with van der Waals surface area (Å²) in [5, 5.41) is 12.6. The van der Waals surface area contributed by atoms with Gasteiger partial charge in [-0.3, -0.25) is 9.59 Å². The second-order valence-electron chi connectivity index (χ2n) is 6.71. The van der Waals surface area contributed by atoms with Crippen molar-refractivity contribution in [2.45, 2.75) is 43.6 Å². The predicted octanol–water partition coefficient (Wildman–Crippen LogP) is 3.31. The number of alkyl halides is 2. The third-order valence-corrected chi connectivity index (χ3v) is 5.21. The number of hydrogen-bond acceptors (Lipinski definition) is 3. The van der Waals surface area contributed by atoms with E-state index in [1.807, 2.05) is 0 Å². The minimum atomic E-state index is -2.66. The van der Waals surface area contributed by atoms with Crippen LogP contribution in [0.4, 0.5) is 14.5 Å². The van der Waals surface area contributed by atoms with Crippen molar-refractivity contribution in [2.24, 2.45) is 0 Å². The highest BCUT2D eigenvalue weighted by Crippen LogP contribution is 2.48. The van der Waals surface area contributed by atoms with Crippen LogP contribution in [0.25, 0.3) is 0 Å². The molecule has 2 amide bonds. The molecule has 1 aliphatic carbocycles. The van der Waals surface area contributed by atoms with Gasteiger partial charge in [0.1, 0.15) is 5.75 Å². The van der Waals surface area contributed by atoms with Gasteiger partial charge in [-0.05, 0) is 43.5 Å². The average molecular weight is 350 g/mol. The Labute approximate surface area is 144 Å². The van der Waals surface area contributed by atoms with Gasteiger partial charge in [-0.25, -0.2) is 8.78 Å². The molecule has 5 nitrogen and oxygen atoms in total. The molecule has 1 saturated heterocycles. The van der Waals surface area contributed by atoms with Crippen molar-refractivity contribution < 1.29 is 23.5 Å². The minimum Gasteiger partial charge on any atom is -0.507 e. The summed E-state index contributed by atoms with van der Waals surface area (Å²) in [5.41, 5.74) is -0.125. The summed E-state index contributed by atoms with van der Waals surface area (Å²) in [6, 6.07) is 4.19. The SMILES string of the molecule is C=CC(=O)Nc1ccc(O)c(C(=O)N2CCC23CCC(F)(F)CC3)c1. The molecule has 1 aliphatic heterocycles. The third-order valence-electron chi connectivity index (χ3n) is 5.21. The smallest absolute Gasteiger partial charge is 0.258 e. The van der Waals surface area contributed by atoms with E-state index < -0.39 is 23.3 Å². The lowest BCUT2D eigenvalue weighted by molar-refractivity contribution is -0.111. The Hall–Kier alpha value is -2.44. The number of anilines is 1. The molecule has 0 bridgehead atoms. The quantitative estimate of drug-likeness (QED) is 0.649. The number of aromatic hydroxyl groups is 1. The van der Waals surface area contributed by atoms with Crippen molar-refractivity contribution in [2.75, 3.05) is 11.9 Å². The highest BCUT2D eigenvalue weighted by atomic mass is 19.3. The molecule has 1 aromatic carbocycles. The zero-order chi connectivity index (χ0) is 18.2. The standard InChI is InChI=1S/C18H20F2N2O3/c1-2-15(24)21-12-3-4-14(23)13(11-12)16(25)22-10-9-17(22)5-7-18(19,20)8-6-17/h2-4,11,23H,1,5-10H2,(H,21,24). The van der Waals surface area contributed by atoms with Gasteiger partial charge in [0.2, 0.25) is 11.8 Å². The molecule has 134 valence electrons. The Kier molecular flexibility index (Phi) is 4.26. The first kappa shape index (κ1) is 17.4. The van der Waals surface area contributed by atoms with E-state index >= 15 is 0 Å². The summed E-state index contributed by atoms with van der Waals surface area (Å²) in [6.07, 6.45) is 1.87. The van der Waals surface area contributed by atoms with Crippen molar-refractivity contribution in [1.82, 2.24) is 4.90 Å². The van der Waals surface area contributed by atoms with E-state index in [2.05, 4.69) is 11.9 Å². The van der Waals surface area contributed by atoms with Gasteiger partial charge < -0.3 is 15.3 Å². The zero-order valence-electron chi connectivity index (χ0n) is 13.7. The Morgan fingerprint density at radius 3 is 2.44 bits per heavy atom. The van der Waals surface area contributed by atoms with E-state index in [1.165, 1.54) is 18.2 Å². The van der Waals surface area contributed by atoms with Crippen molar-refractivity contribution in [3.8, 4) is 5.75 Å². The molecule has 0 atom stereocenters. The zero-order valence-corrected chi connectivity index (χ0v) is 13.7. The van der Waals surface area contributed by atoms with Gasteiger partial charge in [-0.2, -0.15) is 0 Å². The van der Waals surface area contributed by atoms with Crippen LogP contribution >= 0.6 is 0 Å². The fourth-order valence-corrected chi connectivity index (χ4v) is 3.58. The Morgan fingerprint density at radius 2 is 1.88 bits per heavy atom. The maximum absolute atomic E-state index is 13.4. The fourth-order valence-electron chi connectivity index (χ4n) is 3.58. The van der Waals surface area contributed by atoms with Crippen LogP contribution in [-0.2, 0) is 4.79 Å². The second-order valence-corrected chi connectivity index (χ2v) is 6.71. The molecule has 0 radical (unpaired) electrons. The van der Waals surface area contributed by atoms with Crippen LogP contribution < -0.4 is 5.32 Å². The number of amides is 2. The van der Waals surface area contributed by atoms with Crippen LogP contribution in [0.5, 0.6) is 5.75 Å². The van der Waals surface area contributed by atoms with Crippen molar-refractivity contribution in [3.63, 3.8) is 0 Å². The van der Waals surface area contributed by atoms with E-state index in [0.717, 1.165) is 6.08 Å². The molecule has 1 saturated carbocycles. The van der Waals surface area contributed by atoms with Crippen molar-refractivity contribution in [3.05, 3.63) is 36.4 Å². The van der Waals surface area contributed by atoms with Crippen molar-refractivity contribution in [1.29, 1.82) is 0 Å². The summed E-state index contributed by atoms with van der Waals surface area (Å²) < 4.78 is 26.9. The molecule has 3 rings (SSSR count). The monoisotopic (exact) mass is 350 g/mol. The summed E-state index contributed by atoms with van der Waals surface area (Å²) in [6.45, 7) is 3.83. The lowest BCUT2D eigenvalue weighted by Crippen LogP contribution is -2.64. The number of carbonyl (C=O) groups is 2. The summed E-state index contributed by atoms with van der Waals surface area (Å²) in [4.78, 5) is 25.8. The molecule has 2 fully saturated rings. The highest BCUT2D eigenvalue weighted by Gasteiger charge is 2.53. The fraction of sp³-hybridized carbons (Fsp3) is 0.444. The molecule has 7 heteroatoms. The van der Waals surface area contributed by atoms with Gasteiger partial charge in [-0.15, -0.1) is 0 Å². The molecular weight excluding hydrogens is 330 g/mol. The van der Waals surface area contributed by atoms with E-state index in [9.17, 15) is 23.5 Å². The van der Waals surface area contributed by atoms with E-state index in [0.29, 0.717) is 18.7 Å². The normalized spacial score (nSPS) is 20.6. The first-order valence-corrected chi connectivity index (χ1v) is 8.23. The lowest BCUT2D eigenvalue weighted by Gasteiger charge is -2.56. The second kappa shape index (κ2) is 6.13. The Morgan fingerprint density at radius 1 is 1.20 bits per heavy atom. The minimum absolute atomic E-state index is 0.0540. The summed E-state index contributed by atoms with van der Waals surface area (Å²) >= 11 is 0. The number of likely N-dealkylation sites (tertiary alicyclic amines) is 1. The average Bonchev–Trinajstić information content (AvgIpc) is 2.55. The molecule has 25 heavy (non-hydrogen) atoms. The molecule has 0 unspecified atom stereocenters. The molecule has 0 aromatic heterocycles. The first-order valence-electron chi connectivity index (χ1n) is 8.23. The molecule has 1 heterocycles. The Bertz CT molecular complexity index is 723. The molecule has 1 spiro atoms. The van der Waals surface area contributed by atoms with Crippen molar-refractivity contribution >= 4 is 17.5 Å². The topological polar surface area (TPSA) is 69.6 Å². The molecule has 1 aromatic rings. The summed E-state index contributed by atoms with van der Waals surface area (Å²) in [5.74, 6) is -3.69. The number of hydrogen-bond donors (Lipinski definition) is 2. The number of rotatable bonds is 3. The van der Waals surface area contributed by atoms with E-state index in [4.69, 9.17) is 0 Å². The largest absolute Gasteiger partial charge is 0.507 e. The number of halogens is 2. The highest BCUT2D eigenvalue weighted by molar-refractivity contribution is 6.02. The van der Waals surface area contributed by atoms with Crippen LogP contribution in [0.1, 0.15) is 42.5 Å². The number of benzene rings is 1. The van der Waals surface area contributed by atoms with Gasteiger partial charge in [0.15, 0.2) is 0 Å². The number of phenolic OH excluding ortho intramolecular Hbond substituents is 1. The van der Waals surface area contributed by atoms with Gasteiger partial charge >= 0.3 is 0 Å². The molecular formula is C18H20F2N2O3. The summed E-state index contributed by atoms with van der Waals surface area (Å²) in [7, 11) is 0. The number of carbonyl (C=O) groups excluding carboxylic acids is 2. The van der Waals surface area contributed by atoms with Crippen LogP contribution in [-0.4, -0.2) is 39.8 Å². The van der Waals surface area contributed by atoms with Gasteiger partial charge in [0.05, 0.1) is 5.56 Å². The third kappa shape index (κ3) is 3.23. The number of phenols is 1.